The Morgan fingerprint density at radius 1 is 1.62 bits per heavy atom. The van der Waals surface area contributed by atoms with Crippen LogP contribution < -0.4 is 5.73 Å². The molecule has 1 rings (SSSR count). The van der Waals surface area contributed by atoms with Gasteiger partial charge in [-0.1, -0.05) is 0 Å². The minimum absolute atomic E-state index is 0.212. The van der Waals surface area contributed by atoms with Gasteiger partial charge in [0.05, 0.1) is 12.7 Å². The molecule has 72 valence electrons. The lowest BCUT2D eigenvalue weighted by molar-refractivity contribution is 0.113. The highest BCUT2D eigenvalue weighted by Crippen LogP contribution is 2.15. The first kappa shape index (κ1) is 10.2. The predicted molar refractivity (Wildman–Crippen MR) is 50.3 cm³/mol. The second kappa shape index (κ2) is 5.00. The number of aliphatic hydroxyl groups is 2. The molecule has 13 heavy (non-hydrogen) atoms. The summed E-state index contributed by atoms with van der Waals surface area (Å²) in [7, 11) is 0. The van der Waals surface area contributed by atoms with Crippen LogP contribution in [-0.4, -0.2) is 38.6 Å². The molecule has 1 unspecified atom stereocenters. The van der Waals surface area contributed by atoms with E-state index >= 15 is 0 Å². The lowest BCUT2D eigenvalue weighted by Crippen LogP contribution is -2.14. The molecule has 0 saturated carbocycles. The molecule has 0 aromatic carbocycles. The molecule has 1 atom stereocenters. The molecule has 0 bridgehead atoms. The Hall–Kier alpha value is -0.850. The Morgan fingerprint density at radius 2 is 2.38 bits per heavy atom. The van der Waals surface area contributed by atoms with Crippen LogP contribution in [0.4, 0.5) is 5.95 Å². The quantitative estimate of drug-likeness (QED) is 0.449. The summed E-state index contributed by atoms with van der Waals surface area (Å²) in [5, 5.41) is 18.3. The van der Waals surface area contributed by atoms with Crippen molar-refractivity contribution in [1.29, 1.82) is 0 Å². The summed E-state index contributed by atoms with van der Waals surface area (Å²) in [6.07, 6.45) is 0.830. The van der Waals surface area contributed by atoms with Crippen molar-refractivity contribution >= 4 is 17.7 Å². The van der Waals surface area contributed by atoms with Gasteiger partial charge in [-0.25, -0.2) is 9.97 Å². The van der Waals surface area contributed by atoms with Crippen molar-refractivity contribution in [2.45, 2.75) is 11.1 Å². The summed E-state index contributed by atoms with van der Waals surface area (Å²) >= 11 is 1.33. The van der Waals surface area contributed by atoms with Crippen molar-refractivity contribution in [3.8, 4) is 0 Å². The number of anilines is 1. The van der Waals surface area contributed by atoms with Crippen LogP contribution in [0.5, 0.6) is 0 Å². The summed E-state index contributed by atoms with van der Waals surface area (Å²) in [4.78, 5) is 7.64. The molecule has 1 aromatic rings. The standard InChI is InChI=1S/C7H11N3O2S/c8-7-9-2-1-6(10-7)13-4-5(12)3-11/h1-2,5,11-12H,3-4H2,(H2,8,9,10). The van der Waals surface area contributed by atoms with Crippen LogP contribution >= 0.6 is 11.8 Å². The summed E-state index contributed by atoms with van der Waals surface area (Å²) in [6.45, 7) is -0.242. The number of nitrogens with two attached hydrogens (primary N) is 1. The molecule has 5 nitrogen and oxygen atoms in total. The first-order valence-electron chi connectivity index (χ1n) is 3.72. The molecule has 0 aliphatic heterocycles. The van der Waals surface area contributed by atoms with Gasteiger partial charge in [0.2, 0.25) is 5.95 Å². The first-order chi connectivity index (χ1) is 6.22. The summed E-state index contributed by atoms with van der Waals surface area (Å²) < 4.78 is 0. The predicted octanol–water partition coefficient (Wildman–Crippen LogP) is -0.496. The third kappa shape index (κ3) is 3.58. The van der Waals surface area contributed by atoms with E-state index in [1.807, 2.05) is 0 Å². The average Bonchev–Trinajstić information content (AvgIpc) is 2.14. The van der Waals surface area contributed by atoms with Crippen LogP contribution in [0.15, 0.2) is 17.3 Å². The van der Waals surface area contributed by atoms with Crippen LogP contribution in [-0.2, 0) is 0 Å². The Kier molecular flexibility index (Phi) is 3.94. The molecule has 1 heterocycles. The normalized spacial score (nSPS) is 12.8. The van der Waals surface area contributed by atoms with E-state index in [9.17, 15) is 0 Å². The number of nitrogens with zero attached hydrogens (tertiary/aromatic N) is 2. The van der Waals surface area contributed by atoms with Crippen LogP contribution in [0.2, 0.25) is 0 Å². The largest absolute Gasteiger partial charge is 0.394 e. The van der Waals surface area contributed by atoms with Gasteiger partial charge in [0.15, 0.2) is 0 Å². The monoisotopic (exact) mass is 201 g/mol. The third-order valence-corrected chi connectivity index (χ3v) is 2.36. The van der Waals surface area contributed by atoms with E-state index in [-0.39, 0.29) is 12.6 Å². The van der Waals surface area contributed by atoms with Gasteiger partial charge in [-0.05, 0) is 6.07 Å². The minimum atomic E-state index is -0.721. The number of aliphatic hydroxyl groups excluding tert-OH is 2. The molecule has 6 heteroatoms. The fourth-order valence-corrected chi connectivity index (χ4v) is 1.45. The molecule has 0 radical (unpaired) electrons. The topological polar surface area (TPSA) is 92.3 Å². The molecule has 0 fully saturated rings. The van der Waals surface area contributed by atoms with E-state index in [0.717, 1.165) is 0 Å². The number of rotatable bonds is 4. The van der Waals surface area contributed by atoms with Gasteiger partial charge in [-0.3, -0.25) is 0 Å². The minimum Gasteiger partial charge on any atom is -0.394 e. The Morgan fingerprint density at radius 3 is 3.00 bits per heavy atom. The Balaban J connectivity index is 2.45. The second-order valence-corrected chi connectivity index (χ2v) is 3.44. The summed E-state index contributed by atoms with van der Waals surface area (Å²) in [5.41, 5.74) is 5.35. The van der Waals surface area contributed by atoms with Gasteiger partial charge in [0, 0.05) is 11.9 Å². The van der Waals surface area contributed by atoms with Crippen molar-refractivity contribution < 1.29 is 10.2 Å². The van der Waals surface area contributed by atoms with E-state index in [1.54, 1.807) is 12.3 Å². The maximum atomic E-state index is 9.04. The van der Waals surface area contributed by atoms with Crippen LogP contribution in [0.3, 0.4) is 0 Å². The highest BCUT2D eigenvalue weighted by Gasteiger charge is 2.03. The Labute approximate surface area is 80.0 Å². The van der Waals surface area contributed by atoms with Crippen LogP contribution in [0.25, 0.3) is 0 Å². The molecule has 4 N–H and O–H groups in total. The molecule has 0 amide bonds. The van der Waals surface area contributed by atoms with Gasteiger partial charge in [0.1, 0.15) is 5.03 Å². The van der Waals surface area contributed by atoms with Crippen LogP contribution in [0.1, 0.15) is 0 Å². The van der Waals surface area contributed by atoms with Crippen LogP contribution in [0, 0.1) is 0 Å². The number of aromatic nitrogens is 2. The fourth-order valence-electron chi connectivity index (χ4n) is 0.671. The van der Waals surface area contributed by atoms with E-state index < -0.39 is 6.10 Å². The highest BCUT2D eigenvalue weighted by atomic mass is 32.2. The first-order valence-corrected chi connectivity index (χ1v) is 4.71. The maximum Gasteiger partial charge on any atom is 0.221 e. The number of hydrogen-bond donors (Lipinski definition) is 3. The van der Waals surface area contributed by atoms with Crippen molar-refractivity contribution in [2.75, 3.05) is 18.1 Å². The fraction of sp³-hybridized carbons (Fsp3) is 0.429. The van der Waals surface area contributed by atoms with Gasteiger partial charge < -0.3 is 15.9 Å². The van der Waals surface area contributed by atoms with Crippen molar-refractivity contribution in [2.24, 2.45) is 0 Å². The highest BCUT2D eigenvalue weighted by molar-refractivity contribution is 7.99. The van der Waals surface area contributed by atoms with Crippen molar-refractivity contribution in [3.05, 3.63) is 12.3 Å². The van der Waals surface area contributed by atoms with Gasteiger partial charge in [-0.15, -0.1) is 11.8 Å². The smallest absolute Gasteiger partial charge is 0.221 e. The van der Waals surface area contributed by atoms with Crippen molar-refractivity contribution in [3.63, 3.8) is 0 Å². The average molecular weight is 201 g/mol. The molecule has 0 aliphatic carbocycles. The molecule has 0 saturated heterocycles. The maximum absolute atomic E-state index is 9.04. The van der Waals surface area contributed by atoms with E-state index in [0.29, 0.717) is 10.8 Å². The molecule has 1 aromatic heterocycles. The zero-order chi connectivity index (χ0) is 9.68. The summed E-state index contributed by atoms with van der Waals surface area (Å²) in [6, 6.07) is 1.70. The zero-order valence-corrected chi connectivity index (χ0v) is 7.74. The number of nitrogen functional groups attached to an aromatic ring is 1. The van der Waals surface area contributed by atoms with Gasteiger partial charge in [0.25, 0.3) is 0 Å². The lowest BCUT2D eigenvalue weighted by Gasteiger charge is -2.05. The summed E-state index contributed by atoms with van der Waals surface area (Å²) in [5.74, 6) is 0.607. The van der Waals surface area contributed by atoms with E-state index in [4.69, 9.17) is 15.9 Å². The Bertz CT molecular complexity index is 272. The molecule has 0 aliphatic rings. The molecular formula is C7H11N3O2S. The van der Waals surface area contributed by atoms with Gasteiger partial charge in [-0.2, -0.15) is 0 Å². The second-order valence-electron chi connectivity index (χ2n) is 2.40. The lowest BCUT2D eigenvalue weighted by atomic mass is 10.4. The number of thioether (sulfide) groups is 1. The SMILES string of the molecule is Nc1nccc(SCC(O)CO)n1. The molecule has 0 spiro atoms. The zero-order valence-electron chi connectivity index (χ0n) is 6.92. The van der Waals surface area contributed by atoms with Crippen molar-refractivity contribution in [1.82, 2.24) is 9.97 Å². The third-order valence-electron chi connectivity index (χ3n) is 1.28. The number of hydrogen-bond acceptors (Lipinski definition) is 6. The van der Waals surface area contributed by atoms with E-state index in [2.05, 4.69) is 9.97 Å². The van der Waals surface area contributed by atoms with E-state index in [1.165, 1.54) is 11.8 Å². The van der Waals surface area contributed by atoms with Gasteiger partial charge >= 0.3 is 0 Å². The molecular weight excluding hydrogens is 190 g/mol.